The Labute approximate surface area is 145 Å². The molecule has 1 aromatic heterocycles. The summed E-state index contributed by atoms with van der Waals surface area (Å²) in [4.78, 5) is 4.94. The molecule has 0 bridgehead atoms. The number of benzene rings is 2. The van der Waals surface area contributed by atoms with E-state index in [-0.39, 0.29) is 5.92 Å². The van der Waals surface area contributed by atoms with Gasteiger partial charge in [-0.15, -0.1) is 0 Å². The lowest BCUT2D eigenvalue weighted by Gasteiger charge is -2.18. The Hall–Kier alpha value is -2.09. The highest BCUT2D eigenvalue weighted by Crippen LogP contribution is 2.30. The molecule has 0 spiro atoms. The predicted molar refractivity (Wildman–Crippen MR) is 103 cm³/mol. The van der Waals surface area contributed by atoms with Gasteiger partial charge in [-0.1, -0.05) is 57.2 Å². The van der Waals surface area contributed by atoms with Crippen molar-refractivity contribution in [2.75, 3.05) is 0 Å². The van der Waals surface area contributed by atoms with Crippen LogP contribution in [0.4, 0.5) is 0 Å². The van der Waals surface area contributed by atoms with Gasteiger partial charge < -0.3 is 4.57 Å². The van der Waals surface area contributed by atoms with Crippen LogP contribution in [0, 0.1) is 5.92 Å². The lowest BCUT2D eigenvalue weighted by atomic mass is 9.96. The number of para-hydroxylation sites is 2. The van der Waals surface area contributed by atoms with Crippen molar-refractivity contribution in [3.63, 3.8) is 0 Å². The van der Waals surface area contributed by atoms with Crippen LogP contribution in [-0.2, 0) is 6.42 Å². The molecule has 0 aliphatic heterocycles. The molecule has 0 amide bonds. The van der Waals surface area contributed by atoms with Crippen LogP contribution in [0.15, 0.2) is 48.5 Å². The highest BCUT2D eigenvalue weighted by molar-refractivity contribution is 5.76. The van der Waals surface area contributed by atoms with Gasteiger partial charge in [0.25, 0.3) is 0 Å². The van der Waals surface area contributed by atoms with Gasteiger partial charge in [-0.25, -0.2) is 4.98 Å². The maximum atomic E-state index is 4.94. The van der Waals surface area contributed by atoms with Crippen molar-refractivity contribution in [2.45, 2.75) is 53.0 Å². The van der Waals surface area contributed by atoms with E-state index < -0.39 is 0 Å². The Morgan fingerprint density at radius 3 is 2.17 bits per heavy atom. The number of hydrogen-bond donors (Lipinski definition) is 0. The van der Waals surface area contributed by atoms with Crippen molar-refractivity contribution in [3.05, 3.63) is 65.5 Å². The lowest BCUT2D eigenvalue weighted by molar-refractivity contribution is 0.572. The van der Waals surface area contributed by atoms with Crippen LogP contribution in [0.1, 0.15) is 63.5 Å². The minimum absolute atomic E-state index is 0.285. The minimum atomic E-state index is 0.285. The van der Waals surface area contributed by atoms with Crippen molar-refractivity contribution in [1.82, 2.24) is 9.55 Å². The number of hydrogen-bond acceptors (Lipinski definition) is 1. The third-order valence-corrected chi connectivity index (χ3v) is 4.65. The highest BCUT2D eigenvalue weighted by Gasteiger charge is 2.19. The van der Waals surface area contributed by atoms with E-state index in [0.717, 1.165) is 17.8 Å². The fourth-order valence-corrected chi connectivity index (χ4v) is 3.47. The zero-order chi connectivity index (χ0) is 17.3. The molecular weight excluding hydrogens is 292 g/mol. The van der Waals surface area contributed by atoms with Gasteiger partial charge in [0.05, 0.1) is 11.0 Å². The topological polar surface area (TPSA) is 17.8 Å². The van der Waals surface area contributed by atoms with E-state index in [0.29, 0.717) is 12.0 Å². The molecule has 0 saturated heterocycles. The number of nitrogens with zero attached hydrogens (tertiary/aromatic N) is 2. The van der Waals surface area contributed by atoms with Crippen LogP contribution in [-0.4, -0.2) is 9.55 Å². The summed E-state index contributed by atoms with van der Waals surface area (Å²) < 4.78 is 2.38. The van der Waals surface area contributed by atoms with E-state index in [4.69, 9.17) is 4.98 Å². The van der Waals surface area contributed by atoms with Crippen molar-refractivity contribution in [3.8, 4) is 0 Å². The van der Waals surface area contributed by atoms with Gasteiger partial charge in [-0.05, 0) is 49.4 Å². The molecule has 2 nitrogen and oxygen atoms in total. The van der Waals surface area contributed by atoms with Crippen molar-refractivity contribution < 1.29 is 0 Å². The van der Waals surface area contributed by atoms with Crippen LogP contribution in [0.2, 0.25) is 0 Å². The van der Waals surface area contributed by atoms with E-state index in [1.807, 2.05) is 0 Å². The summed E-state index contributed by atoms with van der Waals surface area (Å²) in [5.41, 5.74) is 5.06. The summed E-state index contributed by atoms with van der Waals surface area (Å²) in [6.07, 6.45) is 1.14. The summed E-state index contributed by atoms with van der Waals surface area (Å²) in [6.45, 7) is 11.3. The largest absolute Gasteiger partial charge is 0.325 e. The maximum absolute atomic E-state index is 4.94. The average Bonchev–Trinajstić information content (AvgIpc) is 2.94. The second-order valence-electron chi connectivity index (χ2n) is 7.48. The second-order valence-corrected chi connectivity index (χ2v) is 7.48. The van der Waals surface area contributed by atoms with E-state index in [2.05, 4.69) is 87.7 Å². The van der Waals surface area contributed by atoms with Gasteiger partial charge in [0.15, 0.2) is 0 Å². The Morgan fingerprint density at radius 2 is 1.54 bits per heavy atom. The fraction of sp³-hybridized carbons (Fsp3) is 0.409. The summed E-state index contributed by atoms with van der Waals surface area (Å²) >= 11 is 0. The van der Waals surface area contributed by atoms with Crippen LogP contribution in [0.3, 0.4) is 0 Å². The molecule has 1 atom stereocenters. The van der Waals surface area contributed by atoms with E-state index in [1.165, 1.54) is 16.6 Å². The minimum Gasteiger partial charge on any atom is -0.325 e. The number of rotatable bonds is 5. The summed E-state index contributed by atoms with van der Waals surface area (Å²) in [5, 5.41) is 0. The van der Waals surface area contributed by atoms with Gasteiger partial charge in [0, 0.05) is 12.0 Å². The first-order chi connectivity index (χ1) is 11.5. The molecule has 3 rings (SSSR count). The van der Waals surface area contributed by atoms with Gasteiger partial charge in [0.2, 0.25) is 0 Å². The standard InChI is InChI=1S/C22H28N2/c1-15(2)14-18-10-12-19(13-11-18)17(5)22-23-20-8-6-7-9-21(20)24(22)16(3)4/h6-13,15-17H,14H2,1-5H3/t17-/m0/s1. The normalized spacial score (nSPS) is 13.1. The van der Waals surface area contributed by atoms with Crippen molar-refractivity contribution >= 4 is 11.0 Å². The molecule has 0 fully saturated rings. The first-order valence-electron chi connectivity index (χ1n) is 9.03. The molecular formula is C22H28N2. The molecule has 126 valence electrons. The quantitative estimate of drug-likeness (QED) is 0.566. The number of imidazole rings is 1. The Morgan fingerprint density at radius 1 is 0.875 bits per heavy atom. The third kappa shape index (κ3) is 3.24. The zero-order valence-electron chi connectivity index (χ0n) is 15.5. The van der Waals surface area contributed by atoms with Crippen LogP contribution >= 0.6 is 0 Å². The molecule has 0 saturated carbocycles. The Kier molecular flexibility index (Phi) is 4.75. The molecule has 0 aliphatic rings. The van der Waals surface area contributed by atoms with Crippen molar-refractivity contribution in [1.29, 1.82) is 0 Å². The second kappa shape index (κ2) is 6.80. The maximum Gasteiger partial charge on any atom is 0.117 e. The molecule has 0 N–H and O–H groups in total. The SMILES string of the molecule is CC(C)Cc1ccc([C@H](C)c2nc3ccccc3n2C(C)C)cc1. The van der Waals surface area contributed by atoms with E-state index in [9.17, 15) is 0 Å². The molecule has 0 unspecified atom stereocenters. The third-order valence-electron chi connectivity index (χ3n) is 4.65. The first kappa shape index (κ1) is 16.8. The average molecular weight is 320 g/mol. The Bertz CT molecular complexity index is 810. The summed E-state index contributed by atoms with van der Waals surface area (Å²) in [7, 11) is 0. The molecule has 2 heteroatoms. The molecule has 3 aromatic rings. The van der Waals surface area contributed by atoms with Gasteiger partial charge >= 0.3 is 0 Å². The zero-order valence-corrected chi connectivity index (χ0v) is 15.5. The predicted octanol–water partition coefficient (Wildman–Crippen LogP) is 5.97. The lowest BCUT2D eigenvalue weighted by Crippen LogP contribution is -2.10. The molecule has 2 aromatic carbocycles. The molecule has 1 heterocycles. The molecule has 24 heavy (non-hydrogen) atoms. The first-order valence-corrected chi connectivity index (χ1v) is 9.03. The molecule has 0 aliphatic carbocycles. The number of fused-ring (bicyclic) bond motifs is 1. The van der Waals surface area contributed by atoms with E-state index in [1.54, 1.807) is 0 Å². The van der Waals surface area contributed by atoms with Crippen LogP contribution < -0.4 is 0 Å². The summed E-state index contributed by atoms with van der Waals surface area (Å²) in [5.74, 6) is 2.13. The van der Waals surface area contributed by atoms with Crippen molar-refractivity contribution in [2.24, 2.45) is 5.92 Å². The van der Waals surface area contributed by atoms with Gasteiger partial charge in [-0.3, -0.25) is 0 Å². The van der Waals surface area contributed by atoms with Gasteiger partial charge in [-0.2, -0.15) is 0 Å². The molecule has 0 radical (unpaired) electrons. The van der Waals surface area contributed by atoms with E-state index >= 15 is 0 Å². The number of aromatic nitrogens is 2. The highest BCUT2D eigenvalue weighted by atomic mass is 15.1. The smallest absolute Gasteiger partial charge is 0.117 e. The monoisotopic (exact) mass is 320 g/mol. The van der Waals surface area contributed by atoms with Crippen LogP contribution in [0.5, 0.6) is 0 Å². The fourth-order valence-electron chi connectivity index (χ4n) is 3.47. The summed E-state index contributed by atoms with van der Waals surface area (Å²) in [6, 6.07) is 17.9. The van der Waals surface area contributed by atoms with Gasteiger partial charge in [0.1, 0.15) is 5.82 Å². The Balaban J connectivity index is 1.99. The van der Waals surface area contributed by atoms with Crippen LogP contribution in [0.25, 0.3) is 11.0 Å².